The van der Waals surface area contributed by atoms with E-state index in [4.69, 9.17) is 4.74 Å². The molecule has 102 valence electrons. The number of rotatable bonds is 3. The summed E-state index contributed by atoms with van der Waals surface area (Å²) >= 11 is 0. The van der Waals surface area contributed by atoms with E-state index in [9.17, 15) is 4.79 Å². The summed E-state index contributed by atoms with van der Waals surface area (Å²) in [5, 5.41) is 0. The number of benzene rings is 2. The maximum absolute atomic E-state index is 12.3. The van der Waals surface area contributed by atoms with Crippen molar-refractivity contribution in [2.24, 2.45) is 0 Å². The van der Waals surface area contributed by atoms with Crippen molar-refractivity contribution >= 4 is 5.78 Å². The molecule has 3 rings (SSSR count). The Hall–Kier alpha value is -2.09. The van der Waals surface area contributed by atoms with Gasteiger partial charge in [-0.25, -0.2) is 0 Å². The SMILES string of the molecule is COc1ccc2c(c1)[C@H](Cc1ccccc1)C(=O)CC2. The third-order valence-corrected chi connectivity index (χ3v) is 4.04. The van der Waals surface area contributed by atoms with E-state index < -0.39 is 0 Å². The fraction of sp³-hybridized carbons (Fsp3) is 0.278. The van der Waals surface area contributed by atoms with Crippen LogP contribution in [-0.4, -0.2) is 12.9 Å². The predicted molar refractivity (Wildman–Crippen MR) is 79.2 cm³/mol. The van der Waals surface area contributed by atoms with Crippen molar-refractivity contribution in [1.29, 1.82) is 0 Å². The Morgan fingerprint density at radius 3 is 2.65 bits per heavy atom. The highest BCUT2D eigenvalue weighted by molar-refractivity contribution is 5.88. The second-order valence-electron chi connectivity index (χ2n) is 5.27. The average Bonchev–Trinajstić information content (AvgIpc) is 2.51. The summed E-state index contributed by atoms with van der Waals surface area (Å²) in [6, 6.07) is 16.3. The molecule has 0 amide bonds. The highest BCUT2D eigenvalue weighted by Crippen LogP contribution is 2.34. The fourth-order valence-corrected chi connectivity index (χ4v) is 2.93. The van der Waals surface area contributed by atoms with Gasteiger partial charge in [0.15, 0.2) is 0 Å². The Kier molecular flexibility index (Phi) is 3.55. The van der Waals surface area contributed by atoms with Crippen LogP contribution in [0.5, 0.6) is 5.75 Å². The molecule has 0 unspecified atom stereocenters. The van der Waals surface area contributed by atoms with Gasteiger partial charge in [0, 0.05) is 12.3 Å². The van der Waals surface area contributed by atoms with Crippen LogP contribution in [0.25, 0.3) is 0 Å². The van der Waals surface area contributed by atoms with Gasteiger partial charge in [-0.05, 0) is 41.7 Å². The molecule has 20 heavy (non-hydrogen) atoms. The maximum atomic E-state index is 12.3. The molecule has 1 aliphatic carbocycles. The summed E-state index contributed by atoms with van der Waals surface area (Å²) in [7, 11) is 1.67. The van der Waals surface area contributed by atoms with Gasteiger partial charge >= 0.3 is 0 Å². The van der Waals surface area contributed by atoms with Gasteiger partial charge in [-0.15, -0.1) is 0 Å². The first-order valence-corrected chi connectivity index (χ1v) is 7.01. The zero-order chi connectivity index (χ0) is 13.9. The number of ether oxygens (including phenoxy) is 1. The van der Waals surface area contributed by atoms with Crippen LogP contribution in [0.15, 0.2) is 48.5 Å². The molecule has 0 N–H and O–H groups in total. The van der Waals surface area contributed by atoms with Crippen molar-refractivity contribution < 1.29 is 9.53 Å². The molecule has 0 radical (unpaired) electrons. The maximum Gasteiger partial charge on any atom is 0.141 e. The monoisotopic (exact) mass is 266 g/mol. The molecule has 0 fully saturated rings. The first kappa shape index (κ1) is 12.9. The summed E-state index contributed by atoms with van der Waals surface area (Å²) in [5.41, 5.74) is 3.64. The largest absolute Gasteiger partial charge is 0.497 e. The second-order valence-corrected chi connectivity index (χ2v) is 5.27. The zero-order valence-corrected chi connectivity index (χ0v) is 11.6. The van der Waals surface area contributed by atoms with Gasteiger partial charge in [0.1, 0.15) is 11.5 Å². The van der Waals surface area contributed by atoms with Crippen LogP contribution in [0, 0.1) is 0 Å². The van der Waals surface area contributed by atoms with Gasteiger partial charge in [-0.3, -0.25) is 4.79 Å². The molecule has 0 bridgehead atoms. The molecule has 0 aromatic heterocycles. The van der Waals surface area contributed by atoms with E-state index in [0.717, 1.165) is 24.2 Å². The van der Waals surface area contributed by atoms with Crippen LogP contribution >= 0.6 is 0 Å². The number of aryl methyl sites for hydroxylation is 1. The minimum atomic E-state index is -0.0313. The molecule has 2 heteroatoms. The number of fused-ring (bicyclic) bond motifs is 1. The Morgan fingerprint density at radius 2 is 1.90 bits per heavy atom. The second kappa shape index (κ2) is 5.49. The van der Waals surface area contributed by atoms with Crippen LogP contribution in [-0.2, 0) is 17.6 Å². The molecule has 1 atom stereocenters. The van der Waals surface area contributed by atoms with Crippen LogP contribution in [0.3, 0.4) is 0 Å². The Balaban J connectivity index is 1.96. The summed E-state index contributed by atoms with van der Waals surface area (Å²) in [6.45, 7) is 0. The van der Waals surface area contributed by atoms with Crippen LogP contribution in [0.1, 0.15) is 29.0 Å². The molecule has 0 aliphatic heterocycles. The third-order valence-electron chi connectivity index (χ3n) is 4.04. The van der Waals surface area contributed by atoms with Gasteiger partial charge in [0.25, 0.3) is 0 Å². The number of carbonyl (C=O) groups is 1. The number of ketones is 1. The third kappa shape index (κ3) is 2.46. The molecular weight excluding hydrogens is 248 g/mol. The topological polar surface area (TPSA) is 26.3 Å². The lowest BCUT2D eigenvalue weighted by Gasteiger charge is -2.25. The normalized spacial score (nSPS) is 17.6. The summed E-state index contributed by atoms with van der Waals surface area (Å²) < 4.78 is 5.30. The molecule has 0 heterocycles. The van der Waals surface area contributed by atoms with Crippen LogP contribution < -0.4 is 4.74 Å². The smallest absolute Gasteiger partial charge is 0.141 e. The summed E-state index contributed by atoms with van der Waals surface area (Å²) in [6.07, 6.45) is 2.28. The molecule has 2 aromatic carbocycles. The molecule has 2 nitrogen and oxygen atoms in total. The zero-order valence-electron chi connectivity index (χ0n) is 11.6. The predicted octanol–water partition coefficient (Wildman–Crippen LogP) is 3.54. The first-order chi connectivity index (χ1) is 9.78. The van der Waals surface area contributed by atoms with Gasteiger partial charge in [-0.2, -0.15) is 0 Å². The Bertz CT molecular complexity index is 617. The lowest BCUT2D eigenvalue weighted by Crippen LogP contribution is -2.22. The molecule has 0 saturated heterocycles. The van der Waals surface area contributed by atoms with Crippen LogP contribution in [0.2, 0.25) is 0 Å². The van der Waals surface area contributed by atoms with Gasteiger partial charge < -0.3 is 4.74 Å². The van der Waals surface area contributed by atoms with Gasteiger partial charge in [0.2, 0.25) is 0 Å². The van der Waals surface area contributed by atoms with E-state index >= 15 is 0 Å². The average molecular weight is 266 g/mol. The van der Waals surface area contributed by atoms with Gasteiger partial charge in [-0.1, -0.05) is 36.4 Å². The minimum Gasteiger partial charge on any atom is -0.497 e. The van der Waals surface area contributed by atoms with Crippen molar-refractivity contribution in [3.63, 3.8) is 0 Å². The quantitative estimate of drug-likeness (QED) is 0.849. The molecule has 1 aliphatic rings. The molecule has 0 saturated carbocycles. The van der Waals surface area contributed by atoms with Crippen molar-refractivity contribution in [1.82, 2.24) is 0 Å². The van der Waals surface area contributed by atoms with E-state index in [1.807, 2.05) is 30.3 Å². The van der Waals surface area contributed by atoms with Crippen molar-refractivity contribution in [2.45, 2.75) is 25.2 Å². The van der Waals surface area contributed by atoms with Crippen LogP contribution in [0.4, 0.5) is 0 Å². The van der Waals surface area contributed by atoms with Crippen molar-refractivity contribution in [3.8, 4) is 5.75 Å². The highest BCUT2D eigenvalue weighted by Gasteiger charge is 2.28. The van der Waals surface area contributed by atoms with Crippen molar-refractivity contribution in [2.75, 3.05) is 7.11 Å². The lowest BCUT2D eigenvalue weighted by molar-refractivity contribution is -0.120. The molecule has 2 aromatic rings. The Labute approximate surface area is 119 Å². The number of Topliss-reactive ketones (excluding diaryl/α,β-unsaturated/α-hetero) is 1. The number of methoxy groups -OCH3 is 1. The minimum absolute atomic E-state index is 0.0313. The molecular formula is C18H18O2. The first-order valence-electron chi connectivity index (χ1n) is 7.01. The van der Waals surface area contributed by atoms with E-state index in [-0.39, 0.29) is 5.92 Å². The highest BCUT2D eigenvalue weighted by atomic mass is 16.5. The van der Waals surface area contributed by atoms with E-state index in [1.165, 1.54) is 11.1 Å². The number of carbonyl (C=O) groups excluding carboxylic acids is 1. The summed E-state index contributed by atoms with van der Waals surface area (Å²) in [4.78, 5) is 12.3. The number of hydrogen-bond acceptors (Lipinski definition) is 2. The fourth-order valence-electron chi connectivity index (χ4n) is 2.93. The van der Waals surface area contributed by atoms with E-state index in [0.29, 0.717) is 12.2 Å². The molecule has 0 spiro atoms. The van der Waals surface area contributed by atoms with E-state index in [2.05, 4.69) is 18.2 Å². The number of hydrogen-bond donors (Lipinski definition) is 0. The van der Waals surface area contributed by atoms with Crippen molar-refractivity contribution in [3.05, 3.63) is 65.2 Å². The lowest BCUT2D eigenvalue weighted by atomic mass is 9.78. The van der Waals surface area contributed by atoms with Gasteiger partial charge in [0.05, 0.1) is 7.11 Å². The summed E-state index contributed by atoms with van der Waals surface area (Å²) in [5.74, 6) is 1.14. The standard InChI is InChI=1S/C18H18O2/c1-20-15-9-7-14-8-10-18(19)17(16(14)12-15)11-13-5-3-2-4-6-13/h2-7,9,12,17H,8,10-11H2,1H3/t17-/m0/s1. The van der Waals surface area contributed by atoms with E-state index in [1.54, 1.807) is 7.11 Å². The Morgan fingerprint density at radius 1 is 1.10 bits per heavy atom.